The van der Waals surface area contributed by atoms with Crippen LogP contribution >= 0.6 is 23.4 Å². The highest BCUT2D eigenvalue weighted by Gasteiger charge is 2.08. The molecule has 0 unspecified atom stereocenters. The molecule has 0 aliphatic heterocycles. The number of tetrazole rings is 1. The van der Waals surface area contributed by atoms with E-state index >= 15 is 0 Å². The zero-order chi connectivity index (χ0) is 15.1. The van der Waals surface area contributed by atoms with Crippen LogP contribution in [0.15, 0.2) is 29.2 Å². The summed E-state index contributed by atoms with van der Waals surface area (Å²) in [5.41, 5.74) is 0. The molecular formula is C13H16ClN5OS. The van der Waals surface area contributed by atoms with Gasteiger partial charge in [0, 0.05) is 9.92 Å². The van der Waals surface area contributed by atoms with E-state index < -0.39 is 0 Å². The maximum atomic E-state index is 11.8. The number of unbranched alkanes of at least 4 members (excludes halogenated alkanes) is 1. The predicted molar refractivity (Wildman–Crippen MR) is 83.5 cm³/mol. The van der Waals surface area contributed by atoms with Crippen molar-refractivity contribution in [2.24, 2.45) is 0 Å². The van der Waals surface area contributed by atoms with E-state index in [0.29, 0.717) is 11.6 Å². The van der Waals surface area contributed by atoms with Gasteiger partial charge in [0.15, 0.2) is 0 Å². The highest BCUT2D eigenvalue weighted by Crippen LogP contribution is 2.20. The lowest BCUT2D eigenvalue weighted by molar-refractivity contribution is -0.113. The Kier molecular flexibility index (Phi) is 6.01. The first kappa shape index (κ1) is 15.8. The molecule has 6 nitrogen and oxygen atoms in total. The van der Waals surface area contributed by atoms with Crippen LogP contribution in [0.4, 0.5) is 5.95 Å². The average molecular weight is 326 g/mol. The number of thioether (sulfide) groups is 1. The second-order valence-corrected chi connectivity index (χ2v) is 5.84. The summed E-state index contributed by atoms with van der Waals surface area (Å²) in [6.07, 6.45) is 2.04. The third-order valence-electron chi connectivity index (χ3n) is 2.60. The molecule has 112 valence electrons. The zero-order valence-electron chi connectivity index (χ0n) is 11.6. The number of benzene rings is 1. The van der Waals surface area contributed by atoms with Crippen LogP contribution in [0, 0.1) is 0 Å². The predicted octanol–water partition coefficient (Wildman–Crippen LogP) is 2.86. The van der Waals surface area contributed by atoms with Crippen molar-refractivity contribution < 1.29 is 4.79 Å². The quantitative estimate of drug-likeness (QED) is 0.792. The van der Waals surface area contributed by atoms with E-state index in [9.17, 15) is 4.79 Å². The Labute approximate surface area is 132 Å². The van der Waals surface area contributed by atoms with Crippen LogP contribution in [0.1, 0.15) is 19.8 Å². The van der Waals surface area contributed by atoms with Gasteiger partial charge in [-0.15, -0.1) is 16.9 Å². The summed E-state index contributed by atoms with van der Waals surface area (Å²) >= 11 is 7.23. The molecule has 2 rings (SSSR count). The fraction of sp³-hybridized carbons (Fsp3) is 0.385. The summed E-state index contributed by atoms with van der Waals surface area (Å²) in [7, 11) is 0. The Morgan fingerprint density at radius 3 is 2.86 bits per heavy atom. The summed E-state index contributed by atoms with van der Waals surface area (Å²) in [6, 6.07) is 7.34. The molecule has 0 atom stereocenters. The van der Waals surface area contributed by atoms with E-state index in [4.69, 9.17) is 11.6 Å². The molecule has 0 radical (unpaired) electrons. The van der Waals surface area contributed by atoms with Crippen LogP contribution in [-0.2, 0) is 11.3 Å². The number of amides is 1. The van der Waals surface area contributed by atoms with Gasteiger partial charge in [0.2, 0.25) is 5.91 Å². The lowest BCUT2D eigenvalue weighted by Gasteiger charge is -2.01. The maximum Gasteiger partial charge on any atom is 0.270 e. The van der Waals surface area contributed by atoms with Crippen LogP contribution in [0.25, 0.3) is 0 Å². The van der Waals surface area contributed by atoms with Crippen molar-refractivity contribution in [1.82, 2.24) is 20.2 Å². The maximum absolute atomic E-state index is 11.8. The van der Waals surface area contributed by atoms with E-state index in [-0.39, 0.29) is 17.6 Å². The van der Waals surface area contributed by atoms with Crippen molar-refractivity contribution in [2.45, 2.75) is 31.2 Å². The van der Waals surface area contributed by atoms with Crippen molar-refractivity contribution in [3.8, 4) is 0 Å². The number of aromatic nitrogens is 4. The van der Waals surface area contributed by atoms with Gasteiger partial charge in [-0.2, -0.15) is 4.80 Å². The molecule has 0 aliphatic carbocycles. The Morgan fingerprint density at radius 1 is 1.38 bits per heavy atom. The van der Waals surface area contributed by atoms with Crippen molar-refractivity contribution in [1.29, 1.82) is 0 Å². The number of carbonyl (C=O) groups is 1. The number of hydrogen-bond donors (Lipinski definition) is 1. The van der Waals surface area contributed by atoms with Crippen molar-refractivity contribution in [3.05, 3.63) is 29.3 Å². The zero-order valence-corrected chi connectivity index (χ0v) is 13.2. The van der Waals surface area contributed by atoms with E-state index in [0.717, 1.165) is 17.7 Å². The molecule has 1 aromatic heterocycles. The molecular weight excluding hydrogens is 310 g/mol. The van der Waals surface area contributed by atoms with Crippen LogP contribution in [0.3, 0.4) is 0 Å². The minimum absolute atomic E-state index is 0.162. The molecule has 8 heteroatoms. The molecule has 0 bridgehead atoms. The van der Waals surface area contributed by atoms with Crippen LogP contribution in [-0.4, -0.2) is 31.9 Å². The minimum atomic E-state index is -0.162. The molecule has 0 saturated heterocycles. The first-order valence-corrected chi connectivity index (χ1v) is 7.99. The first-order chi connectivity index (χ1) is 10.2. The van der Waals surface area contributed by atoms with Gasteiger partial charge in [0.25, 0.3) is 5.95 Å². The monoisotopic (exact) mass is 325 g/mol. The molecule has 0 saturated carbocycles. The largest absolute Gasteiger partial charge is 0.291 e. The highest BCUT2D eigenvalue weighted by atomic mass is 35.5. The Balaban J connectivity index is 1.78. The summed E-state index contributed by atoms with van der Waals surface area (Å²) in [5.74, 6) is 0.364. The topological polar surface area (TPSA) is 72.7 Å². The number of hydrogen-bond acceptors (Lipinski definition) is 5. The van der Waals surface area contributed by atoms with Crippen LogP contribution in [0.2, 0.25) is 5.02 Å². The van der Waals surface area contributed by atoms with Crippen LogP contribution < -0.4 is 5.32 Å². The number of aryl methyl sites for hydroxylation is 1. The van der Waals surface area contributed by atoms with Crippen LogP contribution in [0.5, 0.6) is 0 Å². The number of rotatable bonds is 7. The number of nitrogens with one attached hydrogen (secondary N) is 1. The molecule has 1 N–H and O–H groups in total. The fourth-order valence-corrected chi connectivity index (χ4v) is 2.35. The van der Waals surface area contributed by atoms with Gasteiger partial charge in [0.05, 0.1) is 12.3 Å². The van der Waals surface area contributed by atoms with E-state index in [1.165, 1.54) is 16.6 Å². The Hall–Kier alpha value is -1.60. The molecule has 0 fully saturated rings. The van der Waals surface area contributed by atoms with Gasteiger partial charge in [-0.25, -0.2) is 0 Å². The second kappa shape index (κ2) is 7.99. The van der Waals surface area contributed by atoms with Gasteiger partial charge in [-0.05, 0) is 35.9 Å². The SMILES string of the molecule is CCCCn1nnc(NC(=O)CSc2ccc(Cl)cc2)n1. The van der Waals surface area contributed by atoms with Crippen molar-refractivity contribution >= 4 is 35.2 Å². The number of halogens is 1. The molecule has 0 spiro atoms. The minimum Gasteiger partial charge on any atom is -0.291 e. The van der Waals surface area contributed by atoms with E-state index in [1.54, 1.807) is 12.1 Å². The Morgan fingerprint density at radius 2 is 2.14 bits per heavy atom. The van der Waals surface area contributed by atoms with Gasteiger partial charge in [-0.1, -0.05) is 30.0 Å². The second-order valence-electron chi connectivity index (χ2n) is 4.35. The van der Waals surface area contributed by atoms with Gasteiger partial charge in [-0.3, -0.25) is 10.1 Å². The lowest BCUT2D eigenvalue weighted by Crippen LogP contribution is -2.15. The van der Waals surface area contributed by atoms with Crippen molar-refractivity contribution in [2.75, 3.05) is 11.1 Å². The molecule has 21 heavy (non-hydrogen) atoms. The van der Waals surface area contributed by atoms with Gasteiger partial charge in [0.1, 0.15) is 0 Å². The highest BCUT2D eigenvalue weighted by molar-refractivity contribution is 8.00. The summed E-state index contributed by atoms with van der Waals surface area (Å²) in [6.45, 7) is 2.80. The van der Waals surface area contributed by atoms with Crippen molar-refractivity contribution in [3.63, 3.8) is 0 Å². The van der Waals surface area contributed by atoms with Gasteiger partial charge >= 0.3 is 0 Å². The molecule has 2 aromatic rings. The van der Waals surface area contributed by atoms with E-state index in [2.05, 4.69) is 27.7 Å². The van der Waals surface area contributed by atoms with E-state index in [1.807, 2.05) is 12.1 Å². The summed E-state index contributed by atoms with van der Waals surface area (Å²) < 4.78 is 0. The normalized spacial score (nSPS) is 10.6. The summed E-state index contributed by atoms with van der Waals surface area (Å²) in [4.78, 5) is 14.3. The third-order valence-corrected chi connectivity index (χ3v) is 3.86. The third kappa shape index (κ3) is 5.35. The number of nitrogens with zero attached hydrogens (tertiary/aromatic N) is 4. The number of anilines is 1. The number of carbonyl (C=O) groups excluding carboxylic acids is 1. The van der Waals surface area contributed by atoms with Gasteiger partial charge < -0.3 is 0 Å². The Bertz CT molecular complexity index is 587. The first-order valence-electron chi connectivity index (χ1n) is 6.63. The summed E-state index contributed by atoms with van der Waals surface area (Å²) in [5, 5.41) is 15.1. The fourth-order valence-electron chi connectivity index (χ4n) is 1.53. The molecule has 1 aromatic carbocycles. The molecule has 0 aliphatic rings. The standard InChI is InChI=1S/C13H16ClN5OS/c1-2-3-8-19-17-13(16-18-19)15-12(20)9-21-11-6-4-10(14)5-7-11/h4-7H,2-3,8-9H2,1H3,(H,15,17,20). The average Bonchev–Trinajstić information content (AvgIpc) is 2.92. The lowest BCUT2D eigenvalue weighted by atomic mass is 10.3. The molecule has 1 amide bonds. The smallest absolute Gasteiger partial charge is 0.270 e. The molecule has 1 heterocycles.